The molecule has 0 aliphatic rings. The summed E-state index contributed by atoms with van der Waals surface area (Å²) in [6.07, 6.45) is 1.87. The number of aryl methyl sites for hydroxylation is 2. The molecular weight excluding hydrogens is 282 g/mol. The molecule has 0 unspecified atom stereocenters. The maximum Gasteiger partial charge on any atom is 0.197 e. The fourth-order valence-electron chi connectivity index (χ4n) is 1.58. The zero-order chi connectivity index (χ0) is 12.4. The van der Waals surface area contributed by atoms with Gasteiger partial charge in [-0.3, -0.25) is 0 Å². The standard InChI is InChI=1S/C12H14BrN3O/c1-3-4-8-10(13)11(14)16-12(15-8)9-6-5-7(2)17-9/h5-6H,3-4H2,1-2H3,(H2,14,15,16). The Balaban J connectivity index is 2.48. The fraction of sp³-hybridized carbons (Fsp3) is 0.333. The molecule has 0 radical (unpaired) electrons. The summed E-state index contributed by atoms with van der Waals surface area (Å²) in [4.78, 5) is 8.70. The SMILES string of the molecule is CCCc1nc(-c2ccc(C)o2)nc(N)c1Br. The number of hydrogen-bond donors (Lipinski definition) is 1. The van der Waals surface area contributed by atoms with Crippen molar-refractivity contribution >= 4 is 21.7 Å². The second-order valence-corrected chi connectivity index (χ2v) is 4.65. The van der Waals surface area contributed by atoms with Crippen LogP contribution >= 0.6 is 15.9 Å². The van der Waals surface area contributed by atoms with Crippen LogP contribution in [0.3, 0.4) is 0 Å². The molecule has 0 atom stereocenters. The number of hydrogen-bond acceptors (Lipinski definition) is 4. The lowest BCUT2D eigenvalue weighted by Crippen LogP contribution is -2.02. The van der Waals surface area contributed by atoms with Crippen molar-refractivity contribution in [2.24, 2.45) is 0 Å². The molecule has 0 saturated heterocycles. The van der Waals surface area contributed by atoms with Gasteiger partial charge in [0.15, 0.2) is 11.6 Å². The highest BCUT2D eigenvalue weighted by molar-refractivity contribution is 9.10. The van der Waals surface area contributed by atoms with E-state index < -0.39 is 0 Å². The number of anilines is 1. The van der Waals surface area contributed by atoms with Crippen molar-refractivity contribution in [3.8, 4) is 11.6 Å². The smallest absolute Gasteiger partial charge is 0.197 e. The first-order chi connectivity index (χ1) is 8.11. The quantitative estimate of drug-likeness (QED) is 0.943. The predicted molar refractivity (Wildman–Crippen MR) is 70.6 cm³/mol. The van der Waals surface area contributed by atoms with Crippen LogP contribution in [0.1, 0.15) is 24.8 Å². The Morgan fingerprint density at radius 3 is 2.71 bits per heavy atom. The van der Waals surface area contributed by atoms with Gasteiger partial charge in [0.2, 0.25) is 0 Å². The molecule has 0 amide bonds. The summed E-state index contributed by atoms with van der Waals surface area (Å²) in [5.41, 5.74) is 6.78. The third-order valence-corrected chi connectivity index (χ3v) is 3.26. The number of rotatable bonds is 3. The Kier molecular flexibility index (Phi) is 3.47. The molecule has 0 spiro atoms. The monoisotopic (exact) mass is 295 g/mol. The van der Waals surface area contributed by atoms with Crippen LogP contribution in [0.15, 0.2) is 21.0 Å². The Morgan fingerprint density at radius 1 is 1.35 bits per heavy atom. The van der Waals surface area contributed by atoms with E-state index in [1.165, 1.54) is 0 Å². The van der Waals surface area contributed by atoms with Crippen molar-refractivity contribution in [3.05, 3.63) is 28.1 Å². The van der Waals surface area contributed by atoms with E-state index in [2.05, 4.69) is 32.8 Å². The van der Waals surface area contributed by atoms with Gasteiger partial charge in [0.1, 0.15) is 11.6 Å². The van der Waals surface area contributed by atoms with Gasteiger partial charge in [-0.1, -0.05) is 13.3 Å². The van der Waals surface area contributed by atoms with E-state index in [-0.39, 0.29) is 0 Å². The van der Waals surface area contributed by atoms with E-state index in [4.69, 9.17) is 10.2 Å². The summed E-state index contributed by atoms with van der Waals surface area (Å²) >= 11 is 3.41. The van der Waals surface area contributed by atoms with Gasteiger partial charge < -0.3 is 10.2 Å². The summed E-state index contributed by atoms with van der Waals surface area (Å²) in [6, 6.07) is 3.74. The first-order valence-corrected chi connectivity index (χ1v) is 6.29. The molecule has 5 heteroatoms. The van der Waals surface area contributed by atoms with Crippen LogP contribution in [-0.2, 0) is 6.42 Å². The number of halogens is 1. The summed E-state index contributed by atoms with van der Waals surface area (Å²) in [6.45, 7) is 3.99. The van der Waals surface area contributed by atoms with Gasteiger partial charge in [0.25, 0.3) is 0 Å². The lowest BCUT2D eigenvalue weighted by Gasteiger charge is -2.06. The highest BCUT2D eigenvalue weighted by Crippen LogP contribution is 2.26. The lowest BCUT2D eigenvalue weighted by molar-refractivity contribution is 0.543. The predicted octanol–water partition coefficient (Wildman–Crippen LogP) is 3.34. The molecule has 0 aromatic carbocycles. The van der Waals surface area contributed by atoms with E-state index >= 15 is 0 Å². The molecule has 2 N–H and O–H groups in total. The summed E-state index contributed by atoms with van der Waals surface area (Å²) < 4.78 is 6.29. The number of nitrogens with two attached hydrogens (primary N) is 1. The van der Waals surface area contributed by atoms with E-state index in [1.54, 1.807) is 0 Å². The highest BCUT2D eigenvalue weighted by atomic mass is 79.9. The van der Waals surface area contributed by atoms with Gasteiger partial charge in [-0.05, 0) is 41.4 Å². The van der Waals surface area contributed by atoms with Crippen molar-refractivity contribution in [1.29, 1.82) is 0 Å². The summed E-state index contributed by atoms with van der Waals surface area (Å²) in [7, 11) is 0. The first kappa shape index (κ1) is 12.1. The topological polar surface area (TPSA) is 64.9 Å². The van der Waals surface area contributed by atoms with E-state index in [1.807, 2.05) is 19.1 Å². The molecule has 4 nitrogen and oxygen atoms in total. The largest absolute Gasteiger partial charge is 0.458 e. The molecule has 2 heterocycles. The zero-order valence-electron chi connectivity index (χ0n) is 9.83. The van der Waals surface area contributed by atoms with Crippen molar-refractivity contribution in [2.45, 2.75) is 26.7 Å². The Hall–Kier alpha value is -1.36. The van der Waals surface area contributed by atoms with Crippen LogP contribution in [0.2, 0.25) is 0 Å². The molecule has 2 aromatic rings. The normalized spacial score (nSPS) is 10.8. The second-order valence-electron chi connectivity index (χ2n) is 3.85. The van der Waals surface area contributed by atoms with Crippen molar-refractivity contribution in [2.75, 3.05) is 5.73 Å². The molecule has 0 aliphatic carbocycles. The molecule has 2 aromatic heterocycles. The molecule has 90 valence electrons. The molecule has 0 aliphatic heterocycles. The third-order valence-electron chi connectivity index (χ3n) is 2.39. The van der Waals surface area contributed by atoms with Gasteiger partial charge in [-0.25, -0.2) is 9.97 Å². The van der Waals surface area contributed by atoms with Crippen LogP contribution in [0.4, 0.5) is 5.82 Å². The fourth-order valence-corrected chi connectivity index (χ4v) is 1.96. The van der Waals surface area contributed by atoms with Gasteiger partial charge in [-0.15, -0.1) is 0 Å². The lowest BCUT2D eigenvalue weighted by atomic mass is 10.2. The van der Waals surface area contributed by atoms with E-state index in [0.29, 0.717) is 17.4 Å². The van der Waals surface area contributed by atoms with Crippen LogP contribution in [0, 0.1) is 6.92 Å². The first-order valence-electron chi connectivity index (χ1n) is 5.50. The molecule has 0 bridgehead atoms. The number of furan rings is 1. The van der Waals surface area contributed by atoms with Gasteiger partial charge in [-0.2, -0.15) is 0 Å². The van der Waals surface area contributed by atoms with Crippen molar-refractivity contribution in [1.82, 2.24) is 9.97 Å². The van der Waals surface area contributed by atoms with Crippen molar-refractivity contribution in [3.63, 3.8) is 0 Å². The van der Waals surface area contributed by atoms with Crippen LogP contribution < -0.4 is 5.73 Å². The highest BCUT2D eigenvalue weighted by Gasteiger charge is 2.13. The minimum atomic E-state index is 0.451. The summed E-state index contributed by atoms with van der Waals surface area (Å²) in [5.74, 6) is 2.48. The van der Waals surface area contributed by atoms with Crippen LogP contribution in [-0.4, -0.2) is 9.97 Å². The second kappa shape index (κ2) is 4.87. The Bertz CT molecular complexity index is 537. The Labute approximate surface area is 108 Å². The van der Waals surface area contributed by atoms with Gasteiger partial charge in [0, 0.05) is 0 Å². The molecular formula is C12H14BrN3O. The van der Waals surface area contributed by atoms with Gasteiger partial charge in [0.05, 0.1) is 10.2 Å². The van der Waals surface area contributed by atoms with E-state index in [9.17, 15) is 0 Å². The number of aromatic nitrogens is 2. The van der Waals surface area contributed by atoms with Crippen LogP contribution in [0.5, 0.6) is 0 Å². The van der Waals surface area contributed by atoms with Crippen LogP contribution in [0.25, 0.3) is 11.6 Å². The maximum atomic E-state index is 5.86. The third kappa shape index (κ3) is 2.49. The average molecular weight is 296 g/mol. The molecule has 0 saturated carbocycles. The Morgan fingerprint density at radius 2 is 2.12 bits per heavy atom. The molecule has 0 fully saturated rings. The number of nitrogen functional groups attached to an aromatic ring is 1. The number of nitrogens with zero attached hydrogens (tertiary/aromatic N) is 2. The maximum absolute atomic E-state index is 5.86. The van der Waals surface area contributed by atoms with Crippen molar-refractivity contribution < 1.29 is 4.42 Å². The zero-order valence-corrected chi connectivity index (χ0v) is 11.4. The average Bonchev–Trinajstić information content (AvgIpc) is 2.71. The molecule has 17 heavy (non-hydrogen) atoms. The summed E-state index contributed by atoms with van der Waals surface area (Å²) in [5, 5.41) is 0. The van der Waals surface area contributed by atoms with Gasteiger partial charge >= 0.3 is 0 Å². The molecule has 2 rings (SSSR count). The minimum absolute atomic E-state index is 0.451. The van der Waals surface area contributed by atoms with E-state index in [0.717, 1.165) is 28.8 Å². The minimum Gasteiger partial charge on any atom is -0.458 e.